The van der Waals surface area contributed by atoms with Gasteiger partial charge in [-0.2, -0.15) is 4.98 Å². The fourth-order valence-electron chi connectivity index (χ4n) is 1.86. The highest BCUT2D eigenvalue weighted by atomic mass is 32.2. The molecule has 8 nitrogen and oxygen atoms in total. The van der Waals surface area contributed by atoms with Crippen molar-refractivity contribution >= 4 is 11.8 Å². The zero-order chi connectivity index (χ0) is 14.7. The van der Waals surface area contributed by atoms with Crippen molar-refractivity contribution in [2.24, 2.45) is 0 Å². The van der Waals surface area contributed by atoms with Gasteiger partial charge in [-0.3, -0.25) is 0 Å². The Kier molecular flexibility index (Phi) is 4.49. The molecule has 9 heteroatoms. The summed E-state index contributed by atoms with van der Waals surface area (Å²) in [6, 6.07) is 0.455. The van der Waals surface area contributed by atoms with Crippen LogP contribution in [0.3, 0.4) is 0 Å². The molecule has 0 bridgehead atoms. The molecule has 21 heavy (non-hydrogen) atoms. The van der Waals surface area contributed by atoms with Crippen molar-refractivity contribution in [1.82, 2.24) is 35.7 Å². The average molecular weight is 309 g/mol. The van der Waals surface area contributed by atoms with E-state index >= 15 is 0 Å². The van der Waals surface area contributed by atoms with Crippen LogP contribution in [0.5, 0.6) is 0 Å². The Morgan fingerprint density at radius 1 is 1.43 bits per heavy atom. The molecule has 3 rings (SSSR count). The molecule has 2 aromatic rings. The molecular weight excluding hydrogens is 290 g/mol. The predicted octanol–water partition coefficient (Wildman–Crippen LogP) is 1.22. The largest absolute Gasteiger partial charge is 0.338 e. The molecule has 0 atom stereocenters. The molecule has 1 aliphatic rings. The van der Waals surface area contributed by atoms with E-state index in [2.05, 4.69) is 44.8 Å². The first-order valence-electron chi connectivity index (χ1n) is 7.17. The summed E-state index contributed by atoms with van der Waals surface area (Å²) in [6.07, 6.45) is 2.35. The minimum atomic E-state index is 0.455. The summed E-state index contributed by atoms with van der Waals surface area (Å²) in [7, 11) is 0. The number of aromatic nitrogens is 6. The number of nitrogens with one attached hydrogen (secondary N) is 1. The monoisotopic (exact) mass is 309 g/mol. The second kappa shape index (κ2) is 6.52. The van der Waals surface area contributed by atoms with Crippen LogP contribution in [0.15, 0.2) is 9.68 Å². The van der Waals surface area contributed by atoms with Crippen molar-refractivity contribution < 1.29 is 4.52 Å². The molecule has 1 fully saturated rings. The molecule has 1 aliphatic carbocycles. The van der Waals surface area contributed by atoms with E-state index in [1.807, 2.05) is 0 Å². The van der Waals surface area contributed by atoms with E-state index in [9.17, 15) is 0 Å². The Morgan fingerprint density at radius 3 is 3.05 bits per heavy atom. The van der Waals surface area contributed by atoms with Crippen molar-refractivity contribution in [3.8, 4) is 0 Å². The van der Waals surface area contributed by atoms with Crippen molar-refractivity contribution in [3.05, 3.63) is 11.7 Å². The summed E-state index contributed by atoms with van der Waals surface area (Å²) < 4.78 is 7.03. The van der Waals surface area contributed by atoms with Gasteiger partial charge in [-0.15, -0.1) is 5.10 Å². The molecule has 114 valence electrons. The fraction of sp³-hybridized carbons (Fsp3) is 0.750. The molecule has 0 saturated heterocycles. The molecule has 0 aliphatic heterocycles. The van der Waals surface area contributed by atoms with Crippen molar-refractivity contribution in [3.63, 3.8) is 0 Å². The van der Waals surface area contributed by atoms with Gasteiger partial charge in [0.25, 0.3) is 0 Å². The molecule has 0 unspecified atom stereocenters. The molecule has 0 spiro atoms. The van der Waals surface area contributed by atoms with Crippen LogP contribution < -0.4 is 5.32 Å². The Labute approximate surface area is 127 Å². The van der Waals surface area contributed by atoms with Crippen LogP contribution in [0.25, 0.3) is 0 Å². The summed E-state index contributed by atoms with van der Waals surface area (Å²) in [5.41, 5.74) is 0. The van der Waals surface area contributed by atoms with E-state index in [1.54, 1.807) is 4.68 Å². The van der Waals surface area contributed by atoms with Crippen LogP contribution in [0.1, 0.15) is 44.3 Å². The lowest BCUT2D eigenvalue weighted by atomic mass is 10.4. The first-order valence-corrected chi connectivity index (χ1v) is 8.16. The van der Waals surface area contributed by atoms with Gasteiger partial charge in [0, 0.05) is 18.5 Å². The van der Waals surface area contributed by atoms with Crippen molar-refractivity contribution in [2.45, 2.75) is 56.1 Å². The molecule has 0 amide bonds. The van der Waals surface area contributed by atoms with Crippen LogP contribution in [0.4, 0.5) is 0 Å². The Morgan fingerprint density at radius 2 is 2.29 bits per heavy atom. The lowest BCUT2D eigenvalue weighted by molar-refractivity contribution is 0.385. The van der Waals surface area contributed by atoms with Gasteiger partial charge in [-0.05, 0) is 23.3 Å². The lowest BCUT2D eigenvalue weighted by Crippen LogP contribution is -2.27. The highest BCUT2D eigenvalue weighted by Gasteiger charge is 2.28. The van der Waals surface area contributed by atoms with Crippen LogP contribution in [-0.2, 0) is 12.3 Å². The van der Waals surface area contributed by atoms with Crippen LogP contribution in [0, 0.1) is 0 Å². The molecule has 2 heterocycles. The summed E-state index contributed by atoms with van der Waals surface area (Å²) in [6.45, 7) is 5.80. The smallest absolute Gasteiger partial charge is 0.237 e. The summed E-state index contributed by atoms with van der Waals surface area (Å²) >= 11 is 1.51. The van der Waals surface area contributed by atoms with E-state index in [-0.39, 0.29) is 0 Å². The highest BCUT2D eigenvalue weighted by Crippen LogP contribution is 2.38. The first-order chi connectivity index (χ1) is 10.2. The Bertz CT molecular complexity index is 578. The molecule has 0 radical (unpaired) electrons. The predicted molar refractivity (Wildman–Crippen MR) is 76.8 cm³/mol. The topological polar surface area (TPSA) is 94.6 Å². The average Bonchev–Trinajstić information content (AvgIpc) is 3.03. The van der Waals surface area contributed by atoms with E-state index in [1.165, 1.54) is 24.6 Å². The van der Waals surface area contributed by atoms with Gasteiger partial charge in [-0.1, -0.05) is 30.8 Å². The molecule has 2 aromatic heterocycles. The zero-order valence-corrected chi connectivity index (χ0v) is 13.0. The SMILES string of the molecule is CC(C)NCCn1nnnc1SCc1nc(C2CC2)no1. The fourth-order valence-corrected chi connectivity index (χ4v) is 2.60. The summed E-state index contributed by atoms with van der Waals surface area (Å²) in [5, 5.41) is 19.9. The molecule has 1 N–H and O–H groups in total. The van der Waals surface area contributed by atoms with Gasteiger partial charge < -0.3 is 9.84 Å². The third kappa shape index (κ3) is 4.01. The molecule has 1 saturated carbocycles. The second-order valence-electron chi connectivity index (χ2n) is 5.40. The third-order valence-electron chi connectivity index (χ3n) is 3.13. The Hall–Kier alpha value is -1.48. The second-order valence-corrected chi connectivity index (χ2v) is 6.35. The van der Waals surface area contributed by atoms with Gasteiger partial charge in [0.2, 0.25) is 11.0 Å². The van der Waals surface area contributed by atoms with Gasteiger partial charge in [0.1, 0.15) is 0 Å². The highest BCUT2D eigenvalue weighted by molar-refractivity contribution is 7.98. The molecule has 0 aromatic carbocycles. The Balaban J connectivity index is 1.51. The van der Waals surface area contributed by atoms with E-state index in [4.69, 9.17) is 4.52 Å². The van der Waals surface area contributed by atoms with Gasteiger partial charge in [0.15, 0.2) is 5.82 Å². The van der Waals surface area contributed by atoms with Gasteiger partial charge in [0.05, 0.1) is 12.3 Å². The van der Waals surface area contributed by atoms with Gasteiger partial charge >= 0.3 is 0 Å². The molecular formula is C12H19N7OS. The van der Waals surface area contributed by atoms with Crippen LogP contribution >= 0.6 is 11.8 Å². The van der Waals surface area contributed by atoms with Crippen LogP contribution in [0.2, 0.25) is 0 Å². The first kappa shape index (κ1) is 14.5. The maximum Gasteiger partial charge on any atom is 0.237 e. The number of hydrogen-bond donors (Lipinski definition) is 1. The number of hydrogen-bond acceptors (Lipinski definition) is 8. The number of rotatable bonds is 8. The standard InChI is InChI=1S/C12H19N7OS/c1-8(2)13-5-6-19-12(15-17-18-19)21-7-10-14-11(16-20-10)9-3-4-9/h8-9,13H,3-7H2,1-2H3. The number of nitrogens with zero attached hydrogens (tertiary/aromatic N) is 6. The van der Waals surface area contributed by atoms with Gasteiger partial charge in [-0.25, -0.2) is 4.68 Å². The third-order valence-corrected chi connectivity index (χ3v) is 4.07. The van der Waals surface area contributed by atoms with Crippen molar-refractivity contribution in [1.29, 1.82) is 0 Å². The lowest BCUT2D eigenvalue weighted by Gasteiger charge is -2.08. The zero-order valence-electron chi connectivity index (χ0n) is 12.2. The van der Waals surface area contributed by atoms with Crippen molar-refractivity contribution in [2.75, 3.05) is 6.54 Å². The minimum absolute atomic E-state index is 0.455. The quantitative estimate of drug-likeness (QED) is 0.727. The number of tetrazole rings is 1. The van der Waals surface area contributed by atoms with E-state index < -0.39 is 0 Å². The van der Waals surface area contributed by atoms with E-state index in [0.717, 1.165) is 24.1 Å². The maximum atomic E-state index is 5.24. The van der Waals surface area contributed by atoms with E-state index in [0.29, 0.717) is 23.6 Å². The minimum Gasteiger partial charge on any atom is -0.338 e. The van der Waals surface area contributed by atoms with Crippen LogP contribution in [-0.4, -0.2) is 42.9 Å². The maximum absolute atomic E-state index is 5.24. The summed E-state index contributed by atoms with van der Waals surface area (Å²) in [5.74, 6) is 2.58. The summed E-state index contributed by atoms with van der Waals surface area (Å²) in [4.78, 5) is 4.40. The number of thioether (sulfide) groups is 1. The normalized spacial score (nSPS) is 15.0.